The number of aliphatic hydroxyl groups excluding tert-OH is 1. The molecule has 68 valence electrons. The first kappa shape index (κ1) is 9.45. The molecule has 0 aliphatic carbocycles. The molecular weight excluding hydrogens is 170 g/mol. The Morgan fingerprint density at radius 2 is 2.23 bits per heavy atom. The molecule has 13 heavy (non-hydrogen) atoms. The second-order valence-corrected chi connectivity index (χ2v) is 2.53. The minimum atomic E-state index is -0.205. The van der Waals surface area contributed by atoms with Gasteiger partial charge in [-0.1, -0.05) is 12.1 Å². The molecule has 2 N–H and O–H groups in total. The van der Waals surface area contributed by atoms with Crippen LogP contribution in [0.1, 0.15) is 11.1 Å². The van der Waals surface area contributed by atoms with E-state index in [1.807, 2.05) is 0 Å². The van der Waals surface area contributed by atoms with E-state index in [1.165, 1.54) is 12.1 Å². The van der Waals surface area contributed by atoms with E-state index in [2.05, 4.69) is 4.99 Å². The van der Waals surface area contributed by atoms with E-state index in [0.717, 1.165) is 0 Å². The average Bonchev–Trinajstić information content (AvgIpc) is 2.15. The smallest absolute Gasteiger partial charge is 0.235 e. The molecule has 1 rings (SSSR count). The zero-order valence-corrected chi connectivity index (χ0v) is 6.90. The highest BCUT2D eigenvalue weighted by molar-refractivity contribution is 5.38. The monoisotopic (exact) mass is 179 g/mol. The lowest BCUT2D eigenvalue weighted by molar-refractivity contribution is 0.275. The maximum absolute atomic E-state index is 9.79. The Hall–Kier alpha value is -1.64. The minimum absolute atomic E-state index is 0.0149. The third-order valence-corrected chi connectivity index (χ3v) is 1.65. The Morgan fingerprint density at radius 1 is 1.46 bits per heavy atom. The van der Waals surface area contributed by atoms with Crippen LogP contribution in [0, 0.1) is 0 Å². The van der Waals surface area contributed by atoms with Gasteiger partial charge in [0, 0.05) is 5.56 Å². The Balaban J connectivity index is 2.88. The molecule has 0 spiro atoms. The molecule has 4 heteroatoms. The van der Waals surface area contributed by atoms with Gasteiger partial charge in [-0.15, -0.1) is 0 Å². The second-order valence-electron chi connectivity index (χ2n) is 2.53. The van der Waals surface area contributed by atoms with Crippen LogP contribution in [-0.4, -0.2) is 16.3 Å². The highest BCUT2D eigenvalue weighted by atomic mass is 16.3. The van der Waals surface area contributed by atoms with Crippen LogP contribution in [0.5, 0.6) is 5.75 Å². The highest BCUT2D eigenvalue weighted by Crippen LogP contribution is 2.18. The van der Waals surface area contributed by atoms with Crippen LogP contribution in [0.15, 0.2) is 23.2 Å². The maximum atomic E-state index is 9.79. The standard InChI is InChI=1S/C9H9NO3/c11-5-8-2-1-7(3-9(8)13)4-10-6-12/h1-3,11,13H,4-5H2. The van der Waals surface area contributed by atoms with Crippen LogP contribution in [-0.2, 0) is 17.9 Å². The molecule has 0 aliphatic rings. The SMILES string of the molecule is O=C=NCc1ccc(CO)c(O)c1. The van der Waals surface area contributed by atoms with Crippen molar-refractivity contribution in [2.75, 3.05) is 0 Å². The summed E-state index contributed by atoms with van der Waals surface area (Å²) in [5, 5.41) is 18.0. The van der Waals surface area contributed by atoms with Gasteiger partial charge in [0.1, 0.15) is 5.75 Å². The van der Waals surface area contributed by atoms with E-state index >= 15 is 0 Å². The van der Waals surface area contributed by atoms with Gasteiger partial charge < -0.3 is 10.2 Å². The van der Waals surface area contributed by atoms with E-state index in [9.17, 15) is 9.90 Å². The van der Waals surface area contributed by atoms with Crippen LogP contribution in [0.3, 0.4) is 0 Å². The van der Waals surface area contributed by atoms with Crippen LogP contribution in [0.4, 0.5) is 0 Å². The summed E-state index contributed by atoms with van der Waals surface area (Å²) < 4.78 is 0. The lowest BCUT2D eigenvalue weighted by Crippen LogP contribution is -1.87. The molecule has 0 atom stereocenters. The molecule has 4 nitrogen and oxygen atoms in total. The summed E-state index contributed by atoms with van der Waals surface area (Å²) in [4.78, 5) is 13.2. The van der Waals surface area contributed by atoms with Gasteiger partial charge in [-0.05, 0) is 11.6 Å². The zero-order valence-electron chi connectivity index (χ0n) is 6.90. The average molecular weight is 179 g/mol. The molecule has 0 amide bonds. The predicted molar refractivity (Wildman–Crippen MR) is 45.9 cm³/mol. The third kappa shape index (κ3) is 2.40. The highest BCUT2D eigenvalue weighted by Gasteiger charge is 2.00. The zero-order chi connectivity index (χ0) is 9.68. The number of isocyanates is 1. The Morgan fingerprint density at radius 3 is 2.77 bits per heavy atom. The molecule has 0 saturated carbocycles. The van der Waals surface area contributed by atoms with E-state index in [-0.39, 0.29) is 18.9 Å². The van der Waals surface area contributed by atoms with E-state index in [1.54, 1.807) is 12.1 Å². The summed E-state index contributed by atoms with van der Waals surface area (Å²) in [6.07, 6.45) is 1.41. The molecule has 0 heterocycles. The van der Waals surface area contributed by atoms with Crippen molar-refractivity contribution in [3.05, 3.63) is 29.3 Å². The largest absolute Gasteiger partial charge is 0.508 e. The fourth-order valence-electron chi connectivity index (χ4n) is 0.965. The first-order valence-electron chi connectivity index (χ1n) is 3.73. The number of phenols is 1. The first-order chi connectivity index (χ1) is 6.27. The minimum Gasteiger partial charge on any atom is -0.508 e. The molecule has 0 fully saturated rings. The molecule has 1 aromatic rings. The molecule has 0 saturated heterocycles. The number of rotatable bonds is 3. The molecule has 1 aromatic carbocycles. The number of aliphatic hydroxyl groups is 1. The number of aliphatic imine (C=N–C) groups is 1. The van der Waals surface area contributed by atoms with Gasteiger partial charge in [0.15, 0.2) is 0 Å². The van der Waals surface area contributed by atoms with Gasteiger partial charge in [0.25, 0.3) is 0 Å². The number of aromatic hydroxyl groups is 1. The molecule has 0 aliphatic heterocycles. The Kier molecular flexibility index (Phi) is 3.20. The van der Waals surface area contributed by atoms with E-state index < -0.39 is 0 Å². The van der Waals surface area contributed by atoms with Gasteiger partial charge in [-0.2, -0.15) is 0 Å². The van der Waals surface area contributed by atoms with Gasteiger partial charge in [0.05, 0.1) is 13.2 Å². The number of hydrogen-bond donors (Lipinski definition) is 2. The summed E-state index contributed by atoms with van der Waals surface area (Å²) in [7, 11) is 0. The topological polar surface area (TPSA) is 69.9 Å². The normalized spacial score (nSPS) is 9.31. The summed E-state index contributed by atoms with van der Waals surface area (Å²) >= 11 is 0. The van der Waals surface area contributed by atoms with Crippen molar-refractivity contribution in [1.29, 1.82) is 0 Å². The molecule has 0 bridgehead atoms. The van der Waals surface area contributed by atoms with Crippen molar-refractivity contribution in [2.45, 2.75) is 13.2 Å². The summed E-state index contributed by atoms with van der Waals surface area (Å²) in [5.41, 5.74) is 1.16. The Labute approximate surface area is 75.2 Å². The van der Waals surface area contributed by atoms with Crippen LogP contribution >= 0.6 is 0 Å². The van der Waals surface area contributed by atoms with E-state index in [0.29, 0.717) is 11.1 Å². The van der Waals surface area contributed by atoms with Crippen molar-refractivity contribution in [3.8, 4) is 5.75 Å². The van der Waals surface area contributed by atoms with Crippen molar-refractivity contribution >= 4 is 6.08 Å². The molecule has 0 unspecified atom stereocenters. The number of benzene rings is 1. The quantitative estimate of drug-likeness (QED) is 0.530. The molecule has 0 aromatic heterocycles. The van der Waals surface area contributed by atoms with Crippen molar-refractivity contribution < 1.29 is 15.0 Å². The molecular formula is C9H9NO3. The summed E-state index contributed by atoms with van der Waals surface area (Å²) in [6.45, 7) is -0.00810. The van der Waals surface area contributed by atoms with E-state index in [4.69, 9.17) is 5.11 Å². The van der Waals surface area contributed by atoms with Crippen molar-refractivity contribution in [3.63, 3.8) is 0 Å². The fourth-order valence-corrected chi connectivity index (χ4v) is 0.965. The lowest BCUT2D eigenvalue weighted by Gasteiger charge is -2.01. The lowest BCUT2D eigenvalue weighted by atomic mass is 10.1. The van der Waals surface area contributed by atoms with Crippen molar-refractivity contribution in [1.82, 2.24) is 0 Å². The summed E-state index contributed by atoms with van der Waals surface area (Å²) in [6, 6.07) is 4.74. The van der Waals surface area contributed by atoms with Gasteiger partial charge >= 0.3 is 0 Å². The van der Waals surface area contributed by atoms with Gasteiger partial charge in [0.2, 0.25) is 6.08 Å². The number of nitrogens with zero attached hydrogens (tertiary/aromatic N) is 1. The van der Waals surface area contributed by atoms with Crippen LogP contribution < -0.4 is 0 Å². The third-order valence-electron chi connectivity index (χ3n) is 1.65. The van der Waals surface area contributed by atoms with Crippen LogP contribution in [0.2, 0.25) is 0 Å². The van der Waals surface area contributed by atoms with Crippen LogP contribution in [0.25, 0.3) is 0 Å². The van der Waals surface area contributed by atoms with Crippen molar-refractivity contribution in [2.24, 2.45) is 4.99 Å². The summed E-state index contributed by atoms with van der Waals surface area (Å²) in [5.74, 6) is 0.0149. The Bertz CT molecular complexity index is 343. The molecule has 0 radical (unpaired) electrons. The number of hydrogen-bond acceptors (Lipinski definition) is 4. The first-order valence-corrected chi connectivity index (χ1v) is 3.73. The van der Waals surface area contributed by atoms with Gasteiger partial charge in [-0.3, -0.25) is 0 Å². The number of carbonyl (C=O) groups excluding carboxylic acids is 1. The van der Waals surface area contributed by atoms with Gasteiger partial charge in [-0.25, -0.2) is 9.79 Å². The second kappa shape index (κ2) is 4.40. The predicted octanol–water partition coefficient (Wildman–Crippen LogP) is 0.720. The maximum Gasteiger partial charge on any atom is 0.235 e. The fraction of sp³-hybridized carbons (Fsp3) is 0.222.